The summed E-state index contributed by atoms with van der Waals surface area (Å²) in [4.78, 5) is 24.6. The summed E-state index contributed by atoms with van der Waals surface area (Å²) in [5.74, 6) is -0.00124. The molecule has 0 bridgehead atoms. The lowest BCUT2D eigenvalue weighted by Crippen LogP contribution is -2.46. The van der Waals surface area contributed by atoms with Crippen molar-refractivity contribution in [1.82, 2.24) is 4.90 Å². The first-order chi connectivity index (χ1) is 7.83. The van der Waals surface area contributed by atoms with Crippen LogP contribution in [0, 0.1) is 5.92 Å². The molecular weight excluding hydrogens is 222 g/mol. The third-order valence-electron chi connectivity index (χ3n) is 2.66. The number of piperidine rings is 1. The Kier molecular flexibility index (Phi) is 4.51. The van der Waals surface area contributed by atoms with Gasteiger partial charge in [0.05, 0.1) is 0 Å². The van der Waals surface area contributed by atoms with Gasteiger partial charge in [0.25, 0.3) is 0 Å². The van der Waals surface area contributed by atoms with E-state index in [2.05, 4.69) is 0 Å². The second-order valence-electron chi connectivity index (χ2n) is 5.40. The molecule has 5 nitrogen and oxygen atoms in total. The van der Waals surface area contributed by atoms with E-state index in [0.29, 0.717) is 19.4 Å². The molecule has 0 saturated carbocycles. The monoisotopic (exact) mass is 243 g/mol. The minimum absolute atomic E-state index is 0.0843. The maximum Gasteiger partial charge on any atom is 0.417 e. The van der Waals surface area contributed by atoms with E-state index in [4.69, 9.17) is 9.84 Å². The summed E-state index contributed by atoms with van der Waals surface area (Å²) in [5.41, 5.74) is -0.596. The zero-order valence-corrected chi connectivity index (χ0v) is 10.7. The molecule has 1 aliphatic rings. The molecule has 1 fully saturated rings. The van der Waals surface area contributed by atoms with Gasteiger partial charge < -0.3 is 9.84 Å². The van der Waals surface area contributed by atoms with Crippen molar-refractivity contribution in [3.05, 3.63) is 0 Å². The van der Waals surface area contributed by atoms with Crippen molar-refractivity contribution in [2.75, 3.05) is 13.2 Å². The number of amides is 2. The Morgan fingerprint density at radius 2 is 2.18 bits per heavy atom. The lowest BCUT2D eigenvalue weighted by Gasteiger charge is -2.32. The van der Waals surface area contributed by atoms with Crippen molar-refractivity contribution in [3.8, 4) is 0 Å². The molecule has 2 amide bonds. The topological polar surface area (TPSA) is 66.8 Å². The fourth-order valence-electron chi connectivity index (χ4n) is 1.83. The predicted octanol–water partition coefficient (Wildman–Crippen LogP) is 1.54. The highest BCUT2D eigenvalue weighted by atomic mass is 16.6. The highest BCUT2D eigenvalue weighted by Crippen LogP contribution is 2.22. The van der Waals surface area contributed by atoms with Gasteiger partial charge in [-0.15, -0.1) is 0 Å². The van der Waals surface area contributed by atoms with Crippen LogP contribution in [0.2, 0.25) is 0 Å². The van der Waals surface area contributed by atoms with Gasteiger partial charge in [-0.1, -0.05) is 0 Å². The van der Waals surface area contributed by atoms with Gasteiger partial charge in [0, 0.05) is 19.6 Å². The molecule has 0 aromatic rings. The molecule has 98 valence electrons. The van der Waals surface area contributed by atoms with E-state index >= 15 is 0 Å². The SMILES string of the molecule is CC(C)(C)OC(=O)N1C[C@H](CCO)CCC1=O. The van der Waals surface area contributed by atoms with Gasteiger partial charge in [-0.2, -0.15) is 0 Å². The van der Waals surface area contributed by atoms with Crippen molar-refractivity contribution < 1.29 is 19.4 Å². The van der Waals surface area contributed by atoms with Crippen LogP contribution in [0.3, 0.4) is 0 Å². The second kappa shape index (κ2) is 5.49. The molecule has 1 atom stereocenters. The number of hydrogen-bond donors (Lipinski definition) is 1. The van der Waals surface area contributed by atoms with Gasteiger partial charge in [0.15, 0.2) is 0 Å². The summed E-state index contributed by atoms with van der Waals surface area (Å²) in [6.07, 6.45) is 1.12. The molecule has 1 rings (SSSR count). The zero-order chi connectivity index (χ0) is 13.1. The van der Waals surface area contributed by atoms with Crippen molar-refractivity contribution in [2.24, 2.45) is 5.92 Å². The molecule has 0 unspecified atom stereocenters. The molecule has 1 N–H and O–H groups in total. The molecule has 0 spiro atoms. The molecule has 0 aromatic heterocycles. The fraction of sp³-hybridized carbons (Fsp3) is 0.833. The van der Waals surface area contributed by atoms with E-state index in [1.165, 1.54) is 0 Å². The van der Waals surface area contributed by atoms with Crippen LogP contribution >= 0.6 is 0 Å². The van der Waals surface area contributed by atoms with Crippen LogP contribution in [0.25, 0.3) is 0 Å². The summed E-state index contributed by atoms with van der Waals surface area (Å²) in [6.45, 7) is 5.74. The van der Waals surface area contributed by atoms with Crippen molar-refractivity contribution in [3.63, 3.8) is 0 Å². The van der Waals surface area contributed by atoms with Gasteiger partial charge >= 0.3 is 6.09 Å². The van der Waals surface area contributed by atoms with E-state index in [1.807, 2.05) is 0 Å². The minimum atomic E-state index is -0.596. The Bertz CT molecular complexity index is 295. The zero-order valence-electron chi connectivity index (χ0n) is 10.7. The quantitative estimate of drug-likeness (QED) is 0.799. The first-order valence-corrected chi connectivity index (χ1v) is 5.97. The van der Waals surface area contributed by atoms with Crippen LogP contribution < -0.4 is 0 Å². The molecule has 0 aliphatic carbocycles. The van der Waals surface area contributed by atoms with Crippen LogP contribution in [0.5, 0.6) is 0 Å². The number of aliphatic hydroxyl groups is 1. The summed E-state index contributed by atoms with van der Waals surface area (Å²) in [6, 6.07) is 0. The highest BCUT2D eigenvalue weighted by molar-refractivity contribution is 5.92. The number of likely N-dealkylation sites (tertiary alicyclic amines) is 1. The summed E-state index contributed by atoms with van der Waals surface area (Å²) in [5, 5.41) is 8.88. The Balaban J connectivity index is 2.60. The van der Waals surface area contributed by atoms with Crippen molar-refractivity contribution in [1.29, 1.82) is 0 Å². The second-order valence-corrected chi connectivity index (χ2v) is 5.40. The molecule has 0 aromatic carbocycles. The van der Waals surface area contributed by atoms with E-state index in [0.717, 1.165) is 11.3 Å². The van der Waals surface area contributed by atoms with Crippen LogP contribution in [-0.2, 0) is 9.53 Å². The Morgan fingerprint density at radius 1 is 1.53 bits per heavy atom. The average Bonchev–Trinajstić information content (AvgIpc) is 2.18. The van der Waals surface area contributed by atoms with Crippen LogP contribution in [0.4, 0.5) is 4.79 Å². The molecule has 1 saturated heterocycles. The molecule has 5 heteroatoms. The van der Waals surface area contributed by atoms with E-state index in [9.17, 15) is 9.59 Å². The van der Waals surface area contributed by atoms with E-state index < -0.39 is 11.7 Å². The number of carbonyl (C=O) groups is 2. The number of ether oxygens (including phenoxy) is 1. The smallest absolute Gasteiger partial charge is 0.417 e. The lowest BCUT2D eigenvalue weighted by molar-refractivity contribution is -0.133. The number of hydrogen-bond acceptors (Lipinski definition) is 4. The average molecular weight is 243 g/mol. The maximum absolute atomic E-state index is 11.8. The Hall–Kier alpha value is -1.10. The summed E-state index contributed by atoms with van der Waals surface area (Å²) >= 11 is 0. The van der Waals surface area contributed by atoms with Crippen molar-refractivity contribution >= 4 is 12.0 Å². The third-order valence-corrected chi connectivity index (χ3v) is 2.66. The molecular formula is C12H21NO4. The van der Waals surface area contributed by atoms with Gasteiger partial charge in [-0.3, -0.25) is 4.79 Å². The first kappa shape index (κ1) is 14.0. The third kappa shape index (κ3) is 4.34. The molecule has 1 heterocycles. The highest BCUT2D eigenvalue weighted by Gasteiger charge is 2.32. The van der Waals surface area contributed by atoms with Crippen LogP contribution in [0.15, 0.2) is 0 Å². The molecule has 0 radical (unpaired) electrons. The standard InChI is InChI=1S/C12H21NO4/c1-12(2,3)17-11(16)13-8-9(6-7-14)4-5-10(13)15/h9,14H,4-8H2,1-3H3/t9-/m0/s1. The number of carbonyl (C=O) groups excluding carboxylic acids is 2. The number of nitrogens with zero attached hydrogens (tertiary/aromatic N) is 1. The summed E-state index contributed by atoms with van der Waals surface area (Å²) in [7, 11) is 0. The fourth-order valence-corrected chi connectivity index (χ4v) is 1.83. The van der Waals surface area contributed by atoms with Gasteiger partial charge in [-0.05, 0) is 39.5 Å². The minimum Gasteiger partial charge on any atom is -0.443 e. The van der Waals surface area contributed by atoms with Crippen molar-refractivity contribution in [2.45, 2.75) is 45.6 Å². The number of aliphatic hydroxyl groups excluding tert-OH is 1. The Morgan fingerprint density at radius 3 is 2.71 bits per heavy atom. The van der Waals surface area contributed by atoms with E-state index in [1.54, 1.807) is 20.8 Å². The largest absolute Gasteiger partial charge is 0.443 e. The van der Waals surface area contributed by atoms with Crippen LogP contribution in [0.1, 0.15) is 40.0 Å². The normalized spacial score (nSPS) is 21.5. The van der Waals surface area contributed by atoms with Gasteiger partial charge in [0.1, 0.15) is 5.60 Å². The summed E-state index contributed by atoms with van der Waals surface area (Å²) < 4.78 is 5.18. The molecule has 17 heavy (non-hydrogen) atoms. The van der Waals surface area contributed by atoms with Gasteiger partial charge in [0.2, 0.25) is 5.91 Å². The van der Waals surface area contributed by atoms with E-state index in [-0.39, 0.29) is 18.4 Å². The number of rotatable bonds is 2. The predicted molar refractivity (Wildman–Crippen MR) is 62.4 cm³/mol. The lowest BCUT2D eigenvalue weighted by atomic mass is 9.95. The first-order valence-electron chi connectivity index (χ1n) is 5.97. The molecule has 1 aliphatic heterocycles. The van der Waals surface area contributed by atoms with Gasteiger partial charge in [-0.25, -0.2) is 9.69 Å². The van der Waals surface area contributed by atoms with Crippen LogP contribution in [-0.4, -0.2) is 40.8 Å². The number of imide groups is 1. The Labute approximate surface area is 102 Å². The maximum atomic E-state index is 11.8.